The zero-order valence-electron chi connectivity index (χ0n) is 12.6. The fourth-order valence-corrected chi connectivity index (χ4v) is 2.66. The molecule has 122 valence electrons. The summed E-state index contributed by atoms with van der Waals surface area (Å²) >= 11 is 5.98. The molecule has 0 spiro atoms. The molecule has 0 aliphatic carbocycles. The van der Waals surface area contributed by atoms with Crippen molar-refractivity contribution in [2.45, 2.75) is 13.0 Å². The van der Waals surface area contributed by atoms with Crippen LogP contribution in [0.2, 0.25) is 5.02 Å². The Kier molecular flexibility index (Phi) is 6.42. The van der Waals surface area contributed by atoms with Crippen LogP contribution in [0.15, 0.2) is 18.2 Å². The fourth-order valence-electron chi connectivity index (χ4n) is 2.33. The van der Waals surface area contributed by atoms with Crippen LogP contribution in [0, 0.1) is 5.82 Å². The average molecular weight is 330 g/mol. The predicted molar refractivity (Wildman–Crippen MR) is 83.6 cm³/mol. The third-order valence-corrected chi connectivity index (χ3v) is 3.92. The molecule has 1 saturated heterocycles. The normalized spacial score (nSPS) is 17.0. The number of morpholine rings is 1. The second-order valence-electron chi connectivity index (χ2n) is 5.24. The molecule has 7 heteroatoms. The molecule has 0 bridgehead atoms. The SMILES string of the molecule is C[C@H](NC(=O)NCCN1CCOCC1)c1ccc(F)cc1Cl. The highest BCUT2D eigenvalue weighted by Crippen LogP contribution is 2.23. The minimum Gasteiger partial charge on any atom is -0.379 e. The van der Waals surface area contributed by atoms with Gasteiger partial charge in [0.05, 0.1) is 19.3 Å². The van der Waals surface area contributed by atoms with Gasteiger partial charge in [-0.3, -0.25) is 4.90 Å². The summed E-state index contributed by atoms with van der Waals surface area (Å²) in [5.41, 5.74) is 0.686. The topological polar surface area (TPSA) is 53.6 Å². The Bertz CT molecular complexity index is 510. The molecule has 1 aromatic rings. The first kappa shape index (κ1) is 17.0. The molecule has 2 rings (SSSR count). The summed E-state index contributed by atoms with van der Waals surface area (Å²) in [6.07, 6.45) is 0. The van der Waals surface area contributed by atoms with Gasteiger partial charge in [-0.05, 0) is 24.6 Å². The van der Waals surface area contributed by atoms with Gasteiger partial charge in [0.15, 0.2) is 0 Å². The van der Waals surface area contributed by atoms with Crippen LogP contribution < -0.4 is 10.6 Å². The number of rotatable bonds is 5. The van der Waals surface area contributed by atoms with Gasteiger partial charge in [0, 0.05) is 31.2 Å². The Balaban J connectivity index is 1.73. The number of nitrogens with zero attached hydrogens (tertiary/aromatic N) is 1. The summed E-state index contributed by atoms with van der Waals surface area (Å²) in [5, 5.41) is 5.91. The lowest BCUT2D eigenvalue weighted by molar-refractivity contribution is 0.0387. The van der Waals surface area contributed by atoms with Crippen LogP contribution in [-0.4, -0.2) is 50.3 Å². The van der Waals surface area contributed by atoms with Crippen molar-refractivity contribution in [2.24, 2.45) is 0 Å². The fraction of sp³-hybridized carbons (Fsp3) is 0.533. The van der Waals surface area contributed by atoms with Crippen molar-refractivity contribution in [3.05, 3.63) is 34.6 Å². The lowest BCUT2D eigenvalue weighted by atomic mass is 10.1. The van der Waals surface area contributed by atoms with E-state index in [1.807, 2.05) is 0 Å². The van der Waals surface area contributed by atoms with Gasteiger partial charge in [0.25, 0.3) is 0 Å². The van der Waals surface area contributed by atoms with Crippen molar-refractivity contribution in [1.29, 1.82) is 0 Å². The highest BCUT2D eigenvalue weighted by atomic mass is 35.5. The van der Waals surface area contributed by atoms with Crippen LogP contribution in [0.3, 0.4) is 0 Å². The highest BCUT2D eigenvalue weighted by molar-refractivity contribution is 6.31. The number of urea groups is 1. The summed E-state index contributed by atoms with van der Waals surface area (Å²) in [4.78, 5) is 14.1. The Labute approximate surface area is 134 Å². The van der Waals surface area contributed by atoms with Crippen molar-refractivity contribution in [3.8, 4) is 0 Å². The van der Waals surface area contributed by atoms with E-state index in [4.69, 9.17) is 16.3 Å². The third-order valence-electron chi connectivity index (χ3n) is 3.59. The van der Waals surface area contributed by atoms with Gasteiger partial charge in [-0.1, -0.05) is 17.7 Å². The second-order valence-corrected chi connectivity index (χ2v) is 5.65. The van der Waals surface area contributed by atoms with E-state index in [0.29, 0.717) is 17.1 Å². The van der Waals surface area contributed by atoms with Gasteiger partial charge in [0.1, 0.15) is 5.82 Å². The van der Waals surface area contributed by atoms with Crippen LogP contribution in [0.1, 0.15) is 18.5 Å². The lowest BCUT2D eigenvalue weighted by Gasteiger charge is -2.26. The number of benzene rings is 1. The maximum Gasteiger partial charge on any atom is 0.315 e. The zero-order chi connectivity index (χ0) is 15.9. The quantitative estimate of drug-likeness (QED) is 0.870. The largest absolute Gasteiger partial charge is 0.379 e. The minimum absolute atomic E-state index is 0.263. The number of carbonyl (C=O) groups excluding carboxylic acids is 1. The number of hydrogen-bond acceptors (Lipinski definition) is 3. The molecule has 1 atom stereocenters. The van der Waals surface area contributed by atoms with E-state index >= 15 is 0 Å². The van der Waals surface area contributed by atoms with E-state index < -0.39 is 5.82 Å². The van der Waals surface area contributed by atoms with Gasteiger partial charge in [-0.15, -0.1) is 0 Å². The zero-order valence-corrected chi connectivity index (χ0v) is 13.3. The summed E-state index contributed by atoms with van der Waals surface area (Å²) in [7, 11) is 0. The molecular weight excluding hydrogens is 309 g/mol. The summed E-state index contributed by atoms with van der Waals surface area (Å²) in [5.74, 6) is -0.393. The first-order valence-electron chi connectivity index (χ1n) is 7.35. The Morgan fingerprint density at radius 2 is 2.18 bits per heavy atom. The van der Waals surface area contributed by atoms with Gasteiger partial charge >= 0.3 is 6.03 Å². The second kappa shape index (κ2) is 8.31. The molecule has 22 heavy (non-hydrogen) atoms. The summed E-state index contributed by atoms with van der Waals surface area (Å²) in [6, 6.07) is 3.59. The van der Waals surface area contributed by atoms with E-state index in [9.17, 15) is 9.18 Å². The maximum atomic E-state index is 13.0. The van der Waals surface area contributed by atoms with Gasteiger partial charge < -0.3 is 15.4 Å². The van der Waals surface area contributed by atoms with Crippen molar-refractivity contribution in [2.75, 3.05) is 39.4 Å². The molecule has 2 amide bonds. The van der Waals surface area contributed by atoms with Crippen LogP contribution in [0.4, 0.5) is 9.18 Å². The summed E-state index contributed by atoms with van der Waals surface area (Å²) in [6.45, 7) is 6.44. The maximum absolute atomic E-state index is 13.0. The molecule has 2 N–H and O–H groups in total. The third kappa shape index (κ3) is 5.12. The molecule has 5 nitrogen and oxygen atoms in total. The Morgan fingerprint density at radius 1 is 1.45 bits per heavy atom. The smallest absolute Gasteiger partial charge is 0.315 e. The average Bonchev–Trinajstić information content (AvgIpc) is 2.48. The van der Waals surface area contributed by atoms with E-state index in [1.165, 1.54) is 12.1 Å². The number of nitrogens with one attached hydrogen (secondary N) is 2. The van der Waals surface area contributed by atoms with Crippen molar-refractivity contribution < 1.29 is 13.9 Å². The summed E-state index contributed by atoms with van der Waals surface area (Å²) < 4.78 is 18.3. The number of halogens is 2. The lowest BCUT2D eigenvalue weighted by Crippen LogP contribution is -2.44. The van der Waals surface area contributed by atoms with Gasteiger partial charge in [0.2, 0.25) is 0 Å². The Morgan fingerprint density at radius 3 is 2.86 bits per heavy atom. The molecule has 0 aromatic heterocycles. The minimum atomic E-state index is -0.393. The molecule has 0 saturated carbocycles. The molecule has 0 unspecified atom stereocenters. The predicted octanol–water partition coefficient (Wildman–Crippen LogP) is 2.17. The number of carbonyl (C=O) groups is 1. The van der Waals surface area contributed by atoms with E-state index in [0.717, 1.165) is 32.8 Å². The number of ether oxygens (including phenoxy) is 1. The Hall–Kier alpha value is -1.37. The molecule has 1 fully saturated rings. The van der Waals surface area contributed by atoms with Crippen LogP contribution >= 0.6 is 11.6 Å². The molecule has 1 heterocycles. The van der Waals surface area contributed by atoms with Crippen molar-refractivity contribution in [1.82, 2.24) is 15.5 Å². The number of hydrogen-bond donors (Lipinski definition) is 2. The van der Waals surface area contributed by atoms with E-state index in [-0.39, 0.29) is 12.1 Å². The first-order chi connectivity index (χ1) is 10.6. The molecule has 1 aliphatic heterocycles. The molecule has 1 aliphatic rings. The van der Waals surface area contributed by atoms with E-state index in [2.05, 4.69) is 15.5 Å². The molecular formula is C15H21ClFN3O2. The van der Waals surface area contributed by atoms with Crippen LogP contribution in [0.5, 0.6) is 0 Å². The standard InChI is InChI=1S/C15H21ClFN3O2/c1-11(13-3-2-12(17)10-14(13)16)19-15(21)18-4-5-20-6-8-22-9-7-20/h2-3,10-11H,4-9H2,1H3,(H2,18,19,21)/t11-/m0/s1. The monoisotopic (exact) mass is 329 g/mol. The van der Waals surface area contributed by atoms with Crippen LogP contribution in [0.25, 0.3) is 0 Å². The highest BCUT2D eigenvalue weighted by Gasteiger charge is 2.14. The van der Waals surface area contributed by atoms with Crippen molar-refractivity contribution in [3.63, 3.8) is 0 Å². The van der Waals surface area contributed by atoms with Crippen LogP contribution in [-0.2, 0) is 4.74 Å². The first-order valence-corrected chi connectivity index (χ1v) is 7.73. The molecule has 1 aromatic carbocycles. The molecule has 0 radical (unpaired) electrons. The van der Waals surface area contributed by atoms with Crippen molar-refractivity contribution >= 4 is 17.6 Å². The van der Waals surface area contributed by atoms with E-state index in [1.54, 1.807) is 13.0 Å². The number of amides is 2. The van der Waals surface area contributed by atoms with Gasteiger partial charge in [-0.2, -0.15) is 0 Å². The van der Waals surface area contributed by atoms with Gasteiger partial charge in [-0.25, -0.2) is 9.18 Å².